The van der Waals surface area contributed by atoms with Gasteiger partial charge in [0, 0.05) is 11.3 Å². The highest BCUT2D eigenvalue weighted by Gasteiger charge is 2.14. The van der Waals surface area contributed by atoms with Crippen LogP contribution in [0.15, 0.2) is 53.7 Å². The molecule has 0 aliphatic carbocycles. The number of anilines is 1. The van der Waals surface area contributed by atoms with Crippen molar-refractivity contribution in [3.63, 3.8) is 0 Å². The number of rotatable bonds is 9. The maximum atomic E-state index is 12.3. The average Bonchev–Trinajstić information content (AvgIpc) is 3.13. The van der Waals surface area contributed by atoms with E-state index in [-0.39, 0.29) is 11.7 Å². The molecule has 158 valence electrons. The van der Waals surface area contributed by atoms with Crippen molar-refractivity contribution in [2.45, 2.75) is 38.3 Å². The largest absolute Gasteiger partial charge is 0.494 e. The minimum Gasteiger partial charge on any atom is -0.494 e. The highest BCUT2D eigenvalue weighted by Crippen LogP contribution is 2.24. The highest BCUT2D eigenvalue weighted by molar-refractivity contribution is 7.99. The Kier molecular flexibility index (Phi) is 7.35. The molecule has 2 aromatic carbocycles. The molecule has 3 rings (SSSR count). The van der Waals surface area contributed by atoms with Crippen molar-refractivity contribution in [3.05, 3.63) is 54.1 Å². The molecule has 0 saturated carbocycles. The van der Waals surface area contributed by atoms with Crippen LogP contribution in [-0.4, -0.2) is 33.1 Å². The van der Waals surface area contributed by atoms with Crippen LogP contribution in [0.2, 0.25) is 0 Å². The second kappa shape index (κ2) is 10.2. The summed E-state index contributed by atoms with van der Waals surface area (Å²) in [6.45, 7) is 6.90. The Balaban J connectivity index is 1.57. The van der Waals surface area contributed by atoms with E-state index in [9.17, 15) is 4.79 Å². The van der Waals surface area contributed by atoms with Crippen molar-refractivity contribution in [1.82, 2.24) is 14.9 Å². The molecule has 0 radical (unpaired) electrons. The van der Waals surface area contributed by atoms with Gasteiger partial charge in [-0.05, 0) is 61.2 Å². The lowest BCUT2D eigenvalue weighted by atomic mass is 9.99. The van der Waals surface area contributed by atoms with Gasteiger partial charge in [-0.3, -0.25) is 4.79 Å². The van der Waals surface area contributed by atoms with Crippen LogP contribution in [0, 0.1) is 0 Å². The van der Waals surface area contributed by atoms with Crippen molar-refractivity contribution in [1.29, 1.82) is 0 Å². The second-order valence-electron chi connectivity index (χ2n) is 6.90. The average molecular weight is 426 g/mol. The Labute approximate surface area is 181 Å². The maximum Gasteiger partial charge on any atom is 0.234 e. The number of thioether (sulfide) groups is 1. The normalized spacial score (nSPS) is 11.8. The van der Waals surface area contributed by atoms with Crippen LogP contribution in [0.25, 0.3) is 11.4 Å². The van der Waals surface area contributed by atoms with Crippen LogP contribution in [0.5, 0.6) is 5.75 Å². The monoisotopic (exact) mass is 425 g/mol. The van der Waals surface area contributed by atoms with E-state index in [1.54, 1.807) is 0 Å². The summed E-state index contributed by atoms with van der Waals surface area (Å²) >= 11 is 1.24. The van der Waals surface area contributed by atoms with E-state index in [4.69, 9.17) is 10.6 Å². The summed E-state index contributed by atoms with van der Waals surface area (Å²) in [5, 5.41) is 11.6. The van der Waals surface area contributed by atoms with E-state index in [2.05, 4.69) is 41.5 Å². The first kappa shape index (κ1) is 21.7. The minimum atomic E-state index is -0.123. The molecule has 0 saturated heterocycles. The van der Waals surface area contributed by atoms with Gasteiger partial charge >= 0.3 is 0 Å². The van der Waals surface area contributed by atoms with E-state index in [0.29, 0.717) is 23.5 Å². The van der Waals surface area contributed by atoms with Crippen LogP contribution < -0.4 is 15.9 Å². The molecule has 0 bridgehead atoms. The SMILES string of the molecule is CCOc1ccc(-c2nnc(SCC(=O)Nc3ccc([C@@H](C)CC)cc3)n2N)cc1. The number of hydrogen-bond donors (Lipinski definition) is 2. The molecule has 7 nitrogen and oxygen atoms in total. The third-order valence-corrected chi connectivity index (χ3v) is 5.74. The Bertz CT molecular complexity index is 970. The van der Waals surface area contributed by atoms with Gasteiger partial charge in [0.05, 0.1) is 12.4 Å². The van der Waals surface area contributed by atoms with Gasteiger partial charge in [-0.2, -0.15) is 0 Å². The number of nitrogens with one attached hydrogen (secondary N) is 1. The molecule has 0 aliphatic rings. The lowest BCUT2D eigenvalue weighted by Gasteiger charge is -2.10. The Morgan fingerprint density at radius 2 is 1.83 bits per heavy atom. The zero-order chi connectivity index (χ0) is 21.5. The second-order valence-corrected chi connectivity index (χ2v) is 7.84. The molecular weight excluding hydrogens is 398 g/mol. The first-order chi connectivity index (χ1) is 14.5. The molecule has 1 aromatic heterocycles. The predicted molar refractivity (Wildman–Crippen MR) is 121 cm³/mol. The summed E-state index contributed by atoms with van der Waals surface area (Å²) in [6, 6.07) is 15.4. The molecule has 0 fully saturated rings. The molecule has 1 atom stereocenters. The van der Waals surface area contributed by atoms with E-state index in [1.165, 1.54) is 22.0 Å². The number of carbonyl (C=O) groups is 1. The molecule has 3 aromatic rings. The quantitative estimate of drug-likeness (QED) is 0.392. The number of nitrogens with zero attached hydrogens (tertiary/aromatic N) is 3. The number of amides is 1. The van der Waals surface area contributed by atoms with Crippen molar-refractivity contribution < 1.29 is 9.53 Å². The number of nitrogen functional groups attached to an aromatic ring is 1. The van der Waals surface area contributed by atoms with Crippen LogP contribution in [0.4, 0.5) is 5.69 Å². The van der Waals surface area contributed by atoms with Crippen LogP contribution >= 0.6 is 11.8 Å². The van der Waals surface area contributed by atoms with Crippen molar-refractivity contribution in [3.8, 4) is 17.1 Å². The fraction of sp³-hybridized carbons (Fsp3) is 0.318. The lowest BCUT2D eigenvalue weighted by molar-refractivity contribution is -0.113. The van der Waals surface area contributed by atoms with Crippen LogP contribution in [0.3, 0.4) is 0 Å². The van der Waals surface area contributed by atoms with Gasteiger partial charge in [-0.15, -0.1) is 10.2 Å². The summed E-state index contributed by atoms with van der Waals surface area (Å²) in [5.74, 6) is 8.02. The zero-order valence-corrected chi connectivity index (χ0v) is 18.3. The highest BCUT2D eigenvalue weighted by atomic mass is 32.2. The van der Waals surface area contributed by atoms with E-state index < -0.39 is 0 Å². The van der Waals surface area contributed by atoms with Crippen LogP contribution in [0.1, 0.15) is 38.7 Å². The number of aromatic nitrogens is 3. The fourth-order valence-corrected chi connectivity index (χ4v) is 3.55. The molecule has 3 N–H and O–H groups in total. The molecule has 1 amide bonds. The summed E-state index contributed by atoms with van der Waals surface area (Å²) in [7, 11) is 0. The van der Waals surface area contributed by atoms with Gasteiger partial charge in [0.15, 0.2) is 5.82 Å². The Hall–Kier alpha value is -3.00. The molecule has 30 heavy (non-hydrogen) atoms. The topological polar surface area (TPSA) is 95.1 Å². The molecule has 0 aliphatic heterocycles. The number of hydrogen-bond acceptors (Lipinski definition) is 6. The van der Waals surface area contributed by atoms with Gasteiger partial charge < -0.3 is 15.9 Å². The predicted octanol–water partition coefficient (Wildman–Crippen LogP) is 4.30. The number of benzene rings is 2. The van der Waals surface area contributed by atoms with Gasteiger partial charge in [0.1, 0.15) is 5.75 Å². The van der Waals surface area contributed by atoms with Crippen molar-refractivity contribution in [2.24, 2.45) is 0 Å². The molecular formula is C22H27N5O2S. The first-order valence-corrected chi connectivity index (χ1v) is 11.0. The Morgan fingerprint density at radius 3 is 2.47 bits per heavy atom. The maximum absolute atomic E-state index is 12.3. The standard InChI is InChI=1S/C22H27N5O2S/c1-4-15(3)16-6-10-18(11-7-16)24-20(28)14-30-22-26-25-21(27(22)23)17-8-12-19(13-9-17)29-5-2/h6-13,15H,4-5,14,23H2,1-3H3,(H,24,28)/t15-/m0/s1. The van der Waals surface area contributed by atoms with Gasteiger partial charge in [0.2, 0.25) is 11.1 Å². The van der Waals surface area contributed by atoms with Gasteiger partial charge in [0.25, 0.3) is 0 Å². The molecule has 0 spiro atoms. The van der Waals surface area contributed by atoms with E-state index in [0.717, 1.165) is 23.4 Å². The number of ether oxygens (including phenoxy) is 1. The lowest BCUT2D eigenvalue weighted by Crippen LogP contribution is -2.16. The van der Waals surface area contributed by atoms with Gasteiger partial charge in [-0.25, -0.2) is 4.68 Å². The zero-order valence-electron chi connectivity index (χ0n) is 17.5. The number of nitrogens with two attached hydrogens (primary N) is 1. The third kappa shape index (κ3) is 5.33. The third-order valence-electron chi connectivity index (χ3n) is 4.80. The van der Waals surface area contributed by atoms with E-state index in [1.807, 2.05) is 43.3 Å². The number of carbonyl (C=O) groups excluding carboxylic acids is 1. The summed E-state index contributed by atoms with van der Waals surface area (Å²) < 4.78 is 6.84. The summed E-state index contributed by atoms with van der Waals surface area (Å²) in [4.78, 5) is 12.3. The van der Waals surface area contributed by atoms with E-state index >= 15 is 0 Å². The summed E-state index contributed by atoms with van der Waals surface area (Å²) in [5.41, 5.74) is 2.87. The van der Waals surface area contributed by atoms with Crippen molar-refractivity contribution >= 4 is 23.4 Å². The molecule has 0 unspecified atom stereocenters. The van der Waals surface area contributed by atoms with Crippen LogP contribution in [-0.2, 0) is 4.79 Å². The minimum absolute atomic E-state index is 0.123. The summed E-state index contributed by atoms with van der Waals surface area (Å²) in [6.07, 6.45) is 1.08. The first-order valence-electron chi connectivity index (χ1n) is 9.98. The molecule has 8 heteroatoms. The fourth-order valence-electron chi connectivity index (χ4n) is 2.90. The Morgan fingerprint density at radius 1 is 1.13 bits per heavy atom. The van der Waals surface area contributed by atoms with Gasteiger partial charge in [-0.1, -0.05) is 37.7 Å². The molecule has 1 heterocycles. The smallest absolute Gasteiger partial charge is 0.234 e. The van der Waals surface area contributed by atoms with Crippen molar-refractivity contribution in [2.75, 3.05) is 23.5 Å².